The number of fused-ring (bicyclic) bond motifs is 1. The van der Waals surface area contributed by atoms with Crippen molar-refractivity contribution in [1.82, 2.24) is 19.5 Å². The Balaban J connectivity index is 1.50. The van der Waals surface area contributed by atoms with Gasteiger partial charge in [0.2, 0.25) is 0 Å². The van der Waals surface area contributed by atoms with Crippen molar-refractivity contribution in [2.75, 3.05) is 19.5 Å². The average Bonchev–Trinajstić information content (AvgIpc) is 3.32. The Kier molecular flexibility index (Phi) is 4.51. The molecular weight excluding hydrogens is 346 g/mol. The topological polar surface area (TPSA) is 108 Å². The summed E-state index contributed by atoms with van der Waals surface area (Å²) in [7, 11) is 1.63. The number of nitrogens with zero attached hydrogens (tertiary/aromatic N) is 4. The summed E-state index contributed by atoms with van der Waals surface area (Å²) in [5.74, 6) is 1.15. The first-order valence-corrected chi connectivity index (χ1v) is 8.64. The third-order valence-corrected chi connectivity index (χ3v) is 4.87. The van der Waals surface area contributed by atoms with Gasteiger partial charge in [0.25, 0.3) is 0 Å². The van der Waals surface area contributed by atoms with E-state index in [2.05, 4.69) is 15.0 Å². The monoisotopic (exact) mass is 367 g/mol. The maximum atomic E-state index is 9.98. The highest BCUT2D eigenvalue weighted by Gasteiger charge is 2.36. The molecule has 1 aliphatic rings. The van der Waals surface area contributed by atoms with E-state index in [4.69, 9.17) is 15.2 Å². The number of aliphatic hydroxyl groups is 1. The van der Waals surface area contributed by atoms with Crippen LogP contribution in [0.1, 0.15) is 18.0 Å². The number of imidazole rings is 1. The minimum atomic E-state index is -0.750. The molecule has 0 fully saturated rings. The Labute approximate surface area is 156 Å². The lowest BCUT2D eigenvalue weighted by Crippen LogP contribution is -2.33. The average molecular weight is 367 g/mol. The molecule has 0 amide bonds. The van der Waals surface area contributed by atoms with E-state index in [0.717, 1.165) is 11.3 Å². The number of anilines is 1. The number of rotatable bonds is 6. The van der Waals surface area contributed by atoms with Gasteiger partial charge in [-0.1, -0.05) is 24.3 Å². The van der Waals surface area contributed by atoms with E-state index in [1.807, 2.05) is 41.0 Å². The number of aromatic nitrogens is 4. The zero-order chi connectivity index (χ0) is 18.9. The van der Waals surface area contributed by atoms with Gasteiger partial charge in [0.05, 0.1) is 32.7 Å². The van der Waals surface area contributed by atoms with Gasteiger partial charge in [0.15, 0.2) is 11.5 Å². The molecule has 0 spiro atoms. The molecule has 0 radical (unpaired) electrons. The molecule has 8 nitrogen and oxygen atoms in total. The molecule has 0 bridgehead atoms. The Morgan fingerprint density at radius 2 is 2.07 bits per heavy atom. The molecular formula is C19H21N5O3. The van der Waals surface area contributed by atoms with Gasteiger partial charge >= 0.3 is 0 Å². The van der Waals surface area contributed by atoms with Crippen molar-refractivity contribution in [2.45, 2.75) is 24.7 Å². The van der Waals surface area contributed by atoms with Gasteiger partial charge in [0, 0.05) is 6.42 Å². The van der Waals surface area contributed by atoms with Gasteiger partial charge in [-0.25, -0.2) is 15.0 Å². The lowest BCUT2D eigenvalue weighted by molar-refractivity contribution is -0.0586. The number of ether oxygens (including phenoxy) is 2. The van der Waals surface area contributed by atoms with E-state index in [0.29, 0.717) is 30.0 Å². The van der Waals surface area contributed by atoms with E-state index in [-0.39, 0.29) is 12.6 Å². The predicted molar refractivity (Wildman–Crippen MR) is 100 cm³/mol. The molecule has 140 valence electrons. The first kappa shape index (κ1) is 17.4. The van der Waals surface area contributed by atoms with E-state index >= 15 is 0 Å². The van der Waals surface area contributed by atoms with Crippen molar-refractivity contribution in [2.24, 2.45) is 0 Å². The molecule has 0 unspecified atom stereocenters. The number of hydrogen-bond acceptors (Lipinski definition) is 7. The molecule has 2 aromatic heterocycles. The molecule has 3 aromatic rings. The molecule has 2 heterocycles. The van der Waals surface area contributed by atoms with Crippen LogP contribution in [0.25, 0.3) is 11.2 Å². The molecule has 4 rings (SSSR count). The van der Waals surface area contributed by atoms with Crippen molar-refractivity contribution in [3.63, 3.8) is 0 Å². The standard InChI is InChI=1S/C19H21N5O3/c1-26-15-4-2-13(3-5-15)9-27-19(10-25)7-6-14(8-19)24-12-23-16-17(20)21-11-22-18(16)24/h2-7,11-12,14,25H,8-10H2,1H3,(H2,20,21,22)/t14-,19-/m0/s1. The van der Waals surface area contributed by atoms with Crippen LogP contribution >= 0.6 is 0 Å². The molecule has 0 aliphatic heterocycles. The first-order valence-electron chi connectivity index (χ1n) is 8.64. The van der Waals surface area contributed by atoms with Crippen LogP contribution in [0.4, 0.5) is 5.82 Å². The minimum absolute atomic E-state index is 0.0349. The predicted octanol–water partition coefficient (Wildman–Crippen LogP) is 1.87. The summed E-state index contributed by atoms with van der Waals surface area (Å²) in [6.45, 7) is 0.279. The number of nitrogen functional groups attached to an aromatic ring is 1. The number of methoxy groups -OCH3 is 1. The zero-order valence-electron chi connectivity index (χ0n) is 14.9. The lowest BCUT2D eigenvalue weighted by atomic mass is 10.0. The summed E-state index contributed by atoms with van der Waals surface area (Å²) < 4.78 is 13.2. The van der Waals surface area contributed by atoms with E-state index < -0.39 is 5.60 Å². The van der Waals surface area contributed by atoms with Gasteiger partial charge in [-0.15, -0.1) is 0 Å². The SMILES string of the molecule is COc1ccc(CO[C@@]2(CO)C=C[C@H](n3cnc4c(N)ncnc43)C2)cc1. The summed E-state index contributed by atoms with van der Waals surface area (Å²) in [4.78, 5) is 12.6. The second kappa shape index (κ2) is 6.98. The van der Waals surface area contributed by atoms with Crippen LogP contribution < -0.4 is 10.5 Å². The number of aliphatic hydroxyl groups excluding tert-OH is 1. The third-order valence-electron chi connectivity index (χ3n) is 4.87. The highest BCUT2D eigenvalue weighted by molar-refractivity contribution is 5.81. The van der Waals surface area contributed by atoms with Gasteiger partial charge in [-0.05, 0) is 17.7 Å². The largest absolute Gasteiger partial charge is 0.497 e. The smallest absolute Gasteiger partial charge is 0.165 e. The highest BCUT2D eigenvalue weighted by atomic mass is 16.5. The third kappa shape index (κ3) is 3.24. The molecule has 1 aliphatic carbocycles. The van der Waals surface area contributed by atoms with Gasteiger partial charge < -0.3 is 24.9 Å². The number of benzene rings is 1. The summed E-state index contributed by atoms with van der Waals surface area (Å²) >= 11 is 0. The Morgan fingerprint density at radius 3 is 2.81 bits per heavy atom. The normalized spacial score (nSPS) is 21.8. The van der Waals surface area contributed by atoms with Crippen molar-refractivity contribution in [1.29, 1.82) is 0 Å². The van der Waals surface area contributed by atoms with Crippen molar-refractivity contribution < 1.29 is 14.6 Å². The second-order valence-electron chi connectivity index (χ2n) is 6.57. The van der Waals surface area contributed by atoms with Crippen LogP contribution in [-0.2, 0) is 11.3 Å². The van der Waals surface area contributed by atoms with Crippen LogP contribution in [0.3, 0.4) is 0 Å². The van der Waals surface area contributed by atoms with E-state index in [9.17, 15) is 5.11 Å². The molecule has 1 aromatic carbocycles. The summed E-state index contributed by atoms with van der Waals surface area (Å²) in [5.41, 5.74) is 7.36. The van der Waals surface area contributed by atoms with Crippen LogP contribution in [0.2, 0.25) is 0 Å². The molecule has 3 N–H and O–H groups in total. The molecule has 2 atom stereocenters. The number of hydrogen-bond donors (Lipinski definition) is 2. The van der Waals surface area contributed by atoms with E-state index in [1.165, 1.54) is 6.33 Å². The zero-order valence-corrected chi connectivity index (χ0v) is 14.9. The van der Waals surface area contributed by atoms with Crippen LogP contribution in [0.5, 0.6) is 5.75 Å². The van der Waals surface area contributed by atoms with Crippen molar-refractivity contribution in [3.05, 3.63) is 54.6 Å². The quantitative estimate of drug-likeness (QED) is 0.640. The van der Waals surface area contributed by atoms with Gasteiger partial charge in [-0.3, -0.25) is 0 Å². The molecule has 27 heavy (non-hydrogen) atoms. The van der Waals surface area contributed by atoms with Crippen molar-refractivity contribution >= 4 is 17.0 Å². The molecule has 0 saturated carbocycles. The summed E-state index contributed by atoms with van der Waals surface area (Å²) in [5, 5.41) is 9.98. The summed E-state index contributed by atoms with van der Waals surface area (Å²) in [6.07, 6.45) is 7.62. The number of allylic oxidation sites excluding steroid dienone is 1. The fraction of sp³-hybridized carbons (Fsp3) is 0.316. The molecule has 0 saturated heterocycles. The fourth-order valence-electron chi connectivity index (χ4n) is 3.30. The van der Waals surface area contributed by atoms with Crippen LogP contribution in [0.15, 0.2) is 49.1 Å². The summed E-state index contributed by atoms with van der Waals surface area (Å²) in [6, 6.07) is 7.64. The maximum absolute atomic E-state index is 9.98. The number of nitrogens with two attached hydrogens (primary N) is 1. The molecule has 8 heteroatoms. The van der Waals surface area contributed by atoms with Gasteiger partial charge in [-0.2, -0.15) is 0 Å². The Morgan fingerprint density at radius 1 is 1.26 bits per heavy atom. The highest BCUT2D eigenvalue weighted by Crippen LogP contribution is 2.36. The van der Waals surface area contributed by atoms with Crippen LogP contribution in [-0.4, -0.2) is 43.9 Å². The lowest BCUT2D eigenvalue weighted by Gasteiger charge is -2.27. The van der Waals surface area contributed by atoms with Crippen molar-refractivity contribution in [3.8, 4) is 5.75 Å². The minimum Gasteiger partial charge on any atom is -0.497 e. The van der Waals surface area contributed by atoms with E-state index in [1.54, 1.807) is 13.4 Å². The maximum Gasteiger partial charge on any atom is 0.165 e. The first-order chi connectivity index (χ1) is 13.1. The Bertz CT molecular complexity index is 969. The Hall–Kier alpha value is -2.97. The van der Waals surface area contributed by atoms with Gasteiger partial charge in [0.1, 0.15) is 23.2 Å². The van der Waals surface area contributed by atoms with Crippen LogP contribution in [0, 0.1) is 0 Å². The fourth-order valence-corrected chi connectivity index (χ4v) is 3.30. The second-order valence-corrected chi connectivity index (χ2v) is 6.57.